The van der Waals surface area contributed by atoms with Crippen molar-refractivity contribution in [2.24, 2.45) is 0 Å². The molecule has 2 aromatic carbocycles. The van der Waals surface area contributed by atoms with Crippen molar-refractivity contribution in [3.63, 3.8) is 0 Å². The summed E-state index contributed by atoms with van der Waals surface area (Å²) in [5.74, 6) is 0.0821. The predicted octanol–water partition coefficient (Wildman–Crippen LogP) is 5.70. The minimum absolute atomic E-state index is 0.167. The van der Waals surface area contributed by atoms with Gasteiger partial charge >= 0.3 is 6.18 Å². The number of nitro benzene ring substituents is 1. The van der Waals surface area contributed by atoms with Crippen LogP contribution in [0, 0.1) is 10.1 Å². The Morgan fingerprint density at radius 1 is 0.958 bits per heavy atom. The van der Waals surface area contributed by atoms with E-state index in [-0.39, 0.29) is 11.2 Å². The molecule has 0 aliphatic carbocycles. The van der Waals surface area contributed by atoms with Gasteiger partial charge in [-0.1, -0.05) is 32.9 Å². The van der Waals surface area contributed by atoms with Crippen LogP contribution >= 0.6 is 0 Å². The van der Waals surface area contributed by atoms with E-state index in [1.54, 1.807) is 18.2 Å². The molecule has 0 aliphatic rings. The van der Waals surface area contributed by atoms with Crippen molar-refractivity contribution in [2.45, 2.75) is 32.4 Å². The van der Waals surface area contributed by atoms with E-state index in [1.807, 2.05) is 26.8 Å². The van der Waals surface area contributed by atoms with Crippen molar-refractivity contribution < 1.29 is 22.8 Å². The second kappa shape index (κ2) is 6.14. The summed E-state index contributed by atoms with van der Waals surface area (Å²) in [6, 6.07) is 9.08. The molecule has 2 rings (SSSR count). The Morgan fingerprint density at radius 3 is 2.12 bits per heavy atom. The van der Waals surface area contributed by atoms with E-state index in [2.05, 4.69) is 0 Å². The molecule has 0 spiro atoms. The molecule has 0 atom stereocenters. The van der Waals surface area contributed by atoms with Crippen LogP contribution in [0.5, 0.6) is 11.5 Å². The number of halogens is 3. The van der Waals surface area contributed by atoms with E-state index >= 15 is 0 Å². The van der Waals surface area contributed by atoms with Crippen molar-refractivity contribution in [3.8, 4) is 11.5 Å². The fraction of sp³-hybridized carbons (Fsp3) is 0.294. The van der Waals surface area contributed by atoms with Crippen molar-refractivity contribution in [1.82, 2.24) is 0 Å². The SMILES string of the molecule is CC(C)(C)c1cccc(Oc2cc([N+](=O)[O-])cc(C(F)(F)F)c2)c1. The summed E-state index contributed by atoms with van der Waals surface area (Å²) in [4.78, 5) is 9.97. The van der Waals surface area contributed by atoms with Gasteiger partial charge in [-0.25, -0.2) is 0 Å². The third-order valence-corrected chi connectivity index (χ3v) is 3.37. The van der Waals surface area contributed by atoms with E-state index in [4.69, 9.17) is 4.74 Å². The van der Waals surface area contributed by atoms with Gasteiger partial charge in [-0.15, -0.1) is 0 Å². The molecule has 0 unspecified atom stereocenters. The fourth-order valence-corrected chi connectivity index (χ4v) is 2.07. The maximum atomic E-state index is 12.9. The first-order chi connectivity index (χ1) is 11.0. The second-order valence-corrected chi connectivity index (χ2v) is 6.35. The summed E-state index contributed by atoms with van der Waals surface area (Å²) in [5.41, 5.74) is -1.04. The van der Waals surface area contributed by atoms with Crippen LogP contribution in [-0.4, -0.2) is 4.92 Å². The van der Waals surface area contributed by atoms with E-state index in [9.17, 15) is 23.3 Å². The van der Waals surface area contributed by atoms with Gasteiger partial charge < -0.3 is 4.74 Å². The molecule has 0 bridgehead atoms. The number of hydrogen-bond donors (Lipinski definition) is 0. The number of nitro groups is 1. The molecule has 24 heavy (non-hydrogen) atoms. The predicted molar refractivity (Wildman–Crippen MR) is 83.3 cm³/mol. The number of alkyl halides is 3. The smallest absolute Gasteiger partial charge is 0.416 e. The Bertz CT molecular complexity index is 764. The van der Waals surface area contributed by atoms with Crippen LogP contribution in [0.1, 0.15) is 31.9 Å². The Kier molecular flexibility index (Phi) is 4.55. The molecule has 4 nitrogen and oxygen atoms in total. The van der Waals surface area contributed by atoms with Gasteiger partial charge in [0.1, 0.15) is 11.5 Å². The molecule has 0 radical (unpaired) electrons. The molecule has 0 fully saturated rings. The summed E-state index contributed by atoms with van der Waals surface area (Å²) < 4.78 is 44.1. The molecule has 0 saturated heterocycles. The summed E-state index contributed by atoms with van der Waals surface area (Å²) in [5, 5.41) is 10.9. The minimum atomic E-state index is -4.70. The highest BCUT2D eigenvalue weighted by molar-refractivity contribution is 5.46. The van der Waals surface area contributed by atoms with Gasteiger partial charge in [0.05, 0.1) is 16.6 Å². The molecule has 0 aliphatic heterocycles. The first-order valence-corrected chi connectivity index (χ1v) is 7.12. The highest BCUT2D eigenvalue weighted by atomic mass is 19.4. The van der Waals surface area contributed by atoms with Crippen LogP contribution < -0.4 is 4.74 Å². The van der Waals surface area contributed by atoms with E-state index in [0.717, 1.165) is 17.7 Å². The molecule has 0 heterocycles. The quantitative estimate of drug-likeness (QED) is 0.532. The van der Waals surface area contributed by atoms with Crippen LogP contribution in [0.15, 0.2) is 42.5 Å². The molecule has 0 aromatic heterocycles. The fourth-order valence-electron chi connectivity index (χ4n) is 2.07. The topological polar surface area (TPSA) is 52.4 Å². The standard InChI is InChI=1S/C17H16F3NO3/c1-16(2,3)11-5-4-6-14(8-11)24-15-9-12(17(18,19)20)7-13(10-15)21(22)23/h4-10H,1-3H3. The molecule has 2 aromatic rings. The highest BCUT2D eigenvalue weighted by Crippen LogP contribution is 2.36. The zero-order valence-electron chi connectivity index (χ0n) is 13.3. The lowest BCUT2D eigenvalue weighted by Crippen LogP contribution is -2.10. The van der Waals surface area contributed by atoms with Crippen LogP contribution in [0.3, 0.4) is 0 Å². The third-order valence-electron chi connectivity index (χ3n) is 3.37. The maximum absolute atomic E-state index is 12.9. The summed E-state index contributed by atoms with van der Waals surface area (Å²) in [7, 11) is 0. The molecule has 0 N–H and O–H groups in total. The number of rotatable bonds is 3. The molecule has 128 valence electrons. The monoisotopic (exact) mass is 339 g/mol. The average Bonchev–Trinajstić information content (AvgIpc) is 2.45. The highest BCUT2D eigenvalue weighted by Gasteiger charge is 2.33. The van der Waals surface area contributed by atoms with Crippen LogP contribution in [0.25, 0.3) is 0 Å². The summed E-state index contributed by atoms with van der Waals surface area (Å²) in [6.45, 7) is 5.96. The van der Waals surface area contributed by atoms with Crippen molar-refractivity contribution in [1.29, 1.82) is 0 Å². The zero-order chi connectivity index (χ0) is 18.1. The van der Waals surface area contributed by atoms with Gasteiger partial charge in [-0.05, 0) is 29.2 Å². The molecule has 7 heteroatoms. The second-order valence-electron chi connectivity index (χ2n) is 6.35. The molecular weight excluding hydrogens is 323 g/mol. The molecular formula is C17H16F3NO3. The maximum Gasteiger partial charge on any atom is 0.416 e. The number of non-ortho nitro benzene ring substituents is 1. The van der Waals surface area contributed by atoms with Crippen molar-refractivity contribution in [2.75, 3.05) is 0 Å². The third kappa shape index (κ3) is 4.24. The zero-order valence-corrected chi connectivity index (χ0v) is 13.3. The van der Waals surface area contributed by atoms with E-state index < -0.39 is 22.4 Å². The van der Waals surface area contributed by atoms with Gasteiger partial charge in [0, 0.05) is 6.07 Å². The van der Waals surface area contributed by atoms with Gasteiger partial charge in [0.2, 0.25) is 0 Å². The number of nitrogens with zero attached hydrogens (tertiary/aromatic N) is 1. The minimum Gasteiger partial charge on any atom is -0.457 e. The Morgan fingerprint density at radius 2 is 1.58 bits per heavy atom. The normalized spacial score (nSPS) is 12.1. The van der Waals surface area contributed by atoms with Gasteiger partial charge in [-0.3, -0.25) is 10.1 Å². The van der Waals surface area contributed by atoms with Gasteiger partial charge in [0.25, 0.3) is 5.69 Å². The Balaban J connectivity index is 2.43. The molecule has 0 amide bonds. The lowest BCUT2D eigenvalue weighted by molar-refractivity contribution is -0.385. The number of ether oxygens (including phenoxy) is 1. The molecule has 0 saturated carbocycles. The van der Waals surface area contributed by atoms with Gasteiger partial charge in [-0.2, -0.15) is 13.2 Å². The van der Waals surface area contributed by atoms with Crippen LogP contribution in [0.2, 0.25) is 0 Å². The van der Waals surface area contributed by atoms with Crippen molar-refractivity contribution in [3.05, 3.63) is 63.7 Å². The lowest BCUT2D eigenvalue weighted by Gasteiger charge is -2.19. The van der Waals surface area contributed by atoms with E-state index in [0.29, 0.717) is 11.8 Å². The van der Waals surface area contributed by atoms with Crippen LogP contribution in [-0.2, 0) is 11.6 Å². The first kappa shape index (κ1) is 17.8. The van der Waals surface area contributed by atoms with E-state index in [1.165, 1.54) is 0 Å². The number of benzene rings is 2. The number of hydrogen-bond acceptors (Lipinski definition) is 3. The summed E-state index contributed by atoms with van der Waals surface area (Å²) >= 11 is 0. The largest absolute Gasteiger partial charge is 0.457 e. The lowest BCUT2D eigenvalue weighted by atomic mass is 9.87. The van der Waals surface area contributed by atoms with Crippen LogP contribution in [0.4, 0.5) is 18.9 Å². The summed E-state index contributed by atoms with van der Waals surface area (Å²) in [6.07, 6.45) is -4.70. The van der Waals surface area contributed by atoms with Gasteiger partial charge in [0.15, 0.2) is 0 Å². The first-order valence-electron chi connectivity index (χ1n) is 7.12. The average molecular weight is 339 g/mol. The Hall–Kier alpha value is -2.57. The Labute approximate surface area is 137 Å². The van der Waals surface area contributed by atoms with Crippen molar-refractivity contribution >= 4 is 5.69 Å².